The van der Waals surface area contributed by atoms with E-state index >= 15 is 0 Å². The fourth-order valence-corrected chi connectivity index (χ4v) is 5.95. The number of amides is 3. The number of hydrogen-bond donors (Lipinski definition) is 3. The Kier molecular flexibility index (Phi) is 10.5. The second kappa shape index (κ2) is 15.1. The van der Waals surface area contributed by atoms with E-state index in [1.54, 1.807) is 80.9 Å². The highest BCUT2D eigenvalue weighted by atomic mass is 32.2. The van der Waals surface area contributed by atoms with Gasteiger partial charge in [-0.3, -0.25) is 14.4 Å². The molecule has 0 unspecified atom stereocenters. The molecule has 3 N–H and O–H groups in total. The van der Waals surface area contributed by atoms with E-state index in [9.17, 15) is 14.4 Å². The normalized spacial score (nSPS) is 11.1. The summed E-state index contributed by atoms with van der Waals surface area (Å²) in [6.07, 6.45) is 1.54. The average molecular weight is 655 g/mol. The molecule has 10 nitrogen and oxygen atoms in total. The second-order valence-electron chi connectivity index (χ2n) is 9.66. The molecule has 0 saturated carbocycles. The molecular weight excluding hydrogens is 625 g/mol. The summed E-state index contributed by atoms with van der Waals surface area (Å²) >= 11 is 2.68. The molecule has 4 aromatic carbocycles. The number of benzene rings is 4. The molecule has 5 rings (SSSR count). The van der Waals surface area contributed by atoms with E-state index < -0.39 is 11.8 Å². The number of thioether (sulfide) groups is 1. The van der Waals surface area contributed by atoms with Crippen LogP contribution in [0.5, 0.6) is 17.2 Å². The van der Waals surface area contributed by atoms with Gasteiger partial charge in [0.05, 0.1) is 37.3 Å². The van der Waals surface area contributed by atoms with Gasteiger partial charge in [-0.1, -0.05) is 35.6 Å². The Bertz CT molecular complexity index is 1910. The van der Waals surface area contributed by atoms with Gasteiger partial charge in [0, 0.05) is 27.8 Å². The lowest BCUT2D eigenvalue weighted by Crippen LogP contribution is -2.30. The number of nitrogens with zero attached hydrogens (tertiary/aromatic N) is 1. The molecule has 0 saturated heterocycles. The number of rotatable bonds is 12. The van der Waals surface area contributed by atoms with Crippen LogP contribution in [0.15, 0.2) is 102 Å². The predicted octanol–water partition coefficient (Wildman–Crippen LogP) is 6.46. The number of aromatic nitrogens is 1. The smallest absolute Gasteiger partial charge is 0.272 e. The van der Waals surface area contributed by atoms with Crippen molar-refractivity contribution in [3.63, 3.8) is 0 Å². The van der Waals surface area contributed by atoms with Crippen molar-refractivity contribution in [2.24, 2.45) is 0 Å². The van der Waals surface area contributed by atoms with Crippen LogP contribution >= 0.6 is 23.1 Å². The number of thiazole rings is 1. The van der Waals surface area contributed by atoms with Gasteiger partial charge in [-0.2, -0.15) is 0 Å². The van der Waals surface area contributed by atoms with Gasteiger partial charge in [0.25, 0.3) is 11.8 Å². The molecule has 5 aromatic rings. The van der Waals surface area contributed by atoms with E-state index in [1.165, 1.54) is 36.3 Å². The van der Waals surface area contributed by atoms with Crippen LogP contribution in [0.4, 0.5) is 10.8 Å². The van der Waals surface area contributed by atoms with Crippen molar-refractivity contribution in [2.45, 2.75) is 4.90 Å². The molecule has 0 atom stereocenters. The second-order valence-corrected chi connectivity index (χ2v) is 11.7. The zero-order valence-corrected chi connectivity index (χ0v) is 26.8. The molecule has 0 fully saturated rings. The minimum Gasteiger partial charge on any atom is -0.497 e. The number of anilines is 2. The fourth-order valence-electron chi connectivity index (χ4n) is 4.29. The fraction of sp³-hybridized carbons (Fsp3) is 0.118. The third-order valence-electron chi connectivity index (χ3n) is 6.57. The quantitative estimate of drug-likeness (QED) is 0.103. The van der Waals surface area contributed by atoms with E-state index in [-0.39, 0.29) is 17.4 Å². The van der Waals surface area contributed by atoms with Crippen molar-refractivity contribution in [1.82, 2.24) is 10.3 Å². The number of nitrogens with one attached hydrogen (secondary N) is 3. The molecule has 3 amide bonds. The third-order valence-corrected chi connectivity index (χ3v) is 8.50. The SMILES string of the molecule is COc1ccc(/C=C(/NC(=O)c2ccccc2)C(=O)Nc2cccc(SCC(=O)Nc3nc4ccc(OC)cc4s3)c2)c(OC)c1. The number of ether oxygens (including phenoxy) is 3. The van der Waals surface area contributed by atoms with Gasteiger partial charge in [-0.05, 0) is 66.7 Å². The number of fused-ring (bicyclic) bond motifs is 1. The summed E-state index contributed by atoms with van der Waals surface area (Å²) in [6, 6.07) is 26.4. The largest absolute Gasteiger partial charge is 0.497 e. The van der Waals surface area contributed by atoms with Crippen molar-refractivity contribution in [2.75, 3.05) is 37.7 Å². The van der Waals surface area contributed by atoms with Crippen molar-refractivity contribution in [3.8, 4) is 17.2 Å². The van der Waals surface area contributed by atoms with Crippen molar-refractivity contribution < 1.29 is 28.6 Å². The summed E-state index contributed by atoms with van der Waals surface area (Å²) in [4.78, 5) is 44.5. The zero-order chi connectivity index (χ0) is 32.5. The van der Waals surface area contributed by atoms with Crippen LogP contribution in [-0.2, 0) is 9.59 Å². The monoisotopic (exact) mass is 654 g/mol. The van der Waals surface area contributed by atoms with Crippen molar-refractivity contribution in [1.29, 1.82) is 0 Å². The lowest BCUT2D eigenvalue weighted by Gasteiger charge is -2.13. The number of methoxy groups -OCH3 is 3. The average Bonchev–Trinajstić information content (AvgIpc) is 3.48. The van der Waals surface area contributed by atoms with E-state index in [2.05, 4.69) is 20.9 Å². The molecule has 0 aliphatic rings. The van der Waals surface area contributed by atoms with Crippen molar-refractivity contribution >= 4 is 67.9 Å². The van der Waals surface area contributed by atoms with E-state index in [0.717, 1.165) is 20.9 Å². The summed E-state index contributed by atoms with van der Waals surface area (Å²) in [6.45, 7) is 0. The van der Waals surface area contributed by atoms with Gasteiger partial charge in [0.2, 0.25) is 5.91 Å². The number of hydrogen-bond acceptors (Lipinski definition) is 9. The summed E-state index contributed by atoms with van der Waals surface area (Å²) in [5.41, 5.74) is 2.21. The van der Waals surface area contributed by atoms with E-state index in [1.807, 2.05) is 24.3 Å². The maximum absolute atomic E-state index is 13.6. The maximum Gasteiger partial charge on any atom is 0.272 e. The lowest BCUT2D eigenvalue weighted by molar-refractivity contribution is -0.114. The standard InChI is InChI=1S/C34H30N4O6S2/c1-42-24-13-12-22(29(18-24)44-3)16-28(36-32(40)21-8-5-4-6-9-21)33(41)35-23-10-7-11-26(17-23)45-20-31(39)38-34-37-27-15-14-25(43-2)19-30(27)46-34/h4-19H,20H2,1-3H3,(H,35,41)(H,36,40)(H,37,38,39)/b28-16+. The lowest BCUT2D eigenvalue weighted by atomic mass is 10.1. The first-order chi connectivity index (χ1) is 22.3. The van der Waals surface area contributed by atoms with Crippen LogP contribution in [0.3, 0.4) is 0 Å². The molecule has 0 spiro atoms. The van der Waals surface area contributed by atoms with Gasteiger partial charge < -0.3 is 30.2 Å². The Morgan fingerprint density at radius 1 is 0.826 bits per heavy atom. The highest BCUT2D eigenvalue weighted by molar-refractivity contribution is 8.00. The first-order valence-corrected chi connectivity index (χ1v) is 15.7. The van der Waals surface area contributed by atoms with Crippen molar-refractivity contribution in [3.05, 3.63) is 108 Å². The summed E-state index contributed by atoms with van der Waals surface area (Å²) in [5.74, 6) is 0.682. The highest BCUT2D eigenvalue weighted by Gasteiger charge is 2.17. The molecule has 46 heavy (non-hydrogen) atoms. The van der Waals surface area contributed by atoms with E-state index in [0.29, 0.717) is 33.4 Å². The number of carbonyl (C=O) groups excluding carboxylic acids is 3. The van der Waals surface area contributed by atoms with Gasteiger partial charge in [-0.25, -0.2) is 4.98 Å². The van der Waals surface area contributed by atoms with Crippen LogP contribution < -0.4 is 30.2 Å². The minimum atomic E-state index is -0.547. The summed E-state index contributed by atoms with van der Waals surface area (Å²) < 4.78 is 16.9. The Balaban J connectivity index is 1.28. The minimum absolute atomic E-state index is 0.00297. The summed E-state index contributed by atoms with van der Waals surface area (Å²) in [5, 5.41) is 8.92. The molecule has 0 radical (unpaired) electrons. The van der Waals surface area contributed by atoms with Crippen LogP contribution in [-0.4, -0.2) is 49.8 Å². The summed E-state index contributed by atoms with van der Waals surface area (Å²) in [7, 11) is 4.65. The molecule has 0 aliphatic carbocycles. The highest BCUT2D eigenvalue weighted by Crippen LogP contribution is 2.30. The molecule has 0 bridgehead atoms. The van der Waals surface area contributed by atoms with Crippen LogP contribution in [0.2, 0.25) is 0 Å². The first-order valence-electron chi connectivity index (χ1n) is 13.9. The van der Waals surface area contributed by atoms with Crippen LogP contribution in [0, 0.1) is 0 Å². The topological polar surface area (TPSA) is 128 Å². The molecule has 1 heterocycles. The predicted molar refractivity (Wildman–Crippen MR) is 182 cm³/mol. The van der Waals surface area contributed by atoms with Gasteiger partial charge >= 0.3 is 0 Å². The van der Waals surface area contributed by atoms with Crippen LogP contribution in [0.25, 0.3) is 16.3 Å². The maximum atomic E-state index is 13.6. The molecule has 1 aromatic heterocycles. The molecule has 234 valence electrons. The zero-order valence-electron chi connectivity index (χ0n) is 25.2. The third kappa shape index (κ3) is 8.23. The van der Waals surface area contributed by atoms with E-state index in [4.69, 9.17) is 14.2 Å². The Morgan fingerprint density at radius 3 is 2.35 bits per heavy atom. The molecule has 0 aliphatic heterocycles. The van der Waals surface area contributed by atoms with Crippen LogP contribution in [0.1, 0.15) is 15.9 Å². The first kappa shape index (κ1) is 32.1. The Labute approximate surface area is 273 Å². The van der Waals surface area contributed by atoms with Gasteiger partial charge in [0.15, 0.2) is 5.13 Å². The van der Waals surface area contributed by atoms with Gasteiger partial charge in [0.1, 0.15) is 22.9 Å². The molecule has 12 heteroatoms. The Morgan fingerprint density at radius 2 is 1.59 bits per heavy atom. The van der Waals surface area contributed by atoms with Gasteiger partial charge in [-0.15, -0.1) is 11.8 Å². The number of carbonyl (C=O) groups is 3. The Hall–Kier alpha value is -5.33. The molecular formula is C34H30N4O6S2.